The lowest BCUT2D eigenvalue weighted by Crippen LogP contribution is -2.29. The van der Waals surface area contributed by atoms with Gasteiger partial charge in [-0.1, -0.05) is 74.5 Å². The molecule has 0 aliphatic heterocycles. The summed E-state index contributed by atoms with van der Waals surface area (Å²) >= 11 is 0. The maximum absolute atomic E-state index is 6.00. The van der Waals surface area contributed by atoms with Crippen LogP contribution < -0.4 is 5.73 Å². The molecule has 0 saturated carbocycles. The molecule has 2 rings (SSSR count). The molecule has 0 fully saturated rings. The third-order valence-corrected chi connectivity index (χ3v) is 4.04. The number of rotatable bonds is 6. The number of hydrogen-bond donors (Lipinski definition) is 1. The Morgan fingerprint density at radius 3 is 2.26 bits per heavy atom. The quantitative estimate of drug-likeness (QED) is 0.463. The van der Waals surface area contributed by atoms with Crippen molar-refractivity contribution in [3.8, 4) is 0 Å². The number of benzene rings is 2. The highest BCUT2D eigenvalue weighted by molar-refractivity contribution is 5.79. The largest absolute Gasteiger partial charge is 0.388 e. The van der Waals surface area contributed by atoms with E-state index in [1.807, 2.05) is 32.0 Å². The zero-order chi connectivity index (χ0) is 16.9. The van der Waals surface area contributed by atoms with Crippen LogP contribution >= 0.6 is 0 Å². The van der Waals surface area contributed by atoms with Crippen molar-refractivity contribution in [1.29, 1.82) is 0 Å². The Morgan fingerprint density at radius 1 is 1.04 bits per heavy atom. The average molecular weight is 306 g/mol. The maximum atomic E-state index is 6.00. The summed E-state index contributed by atoms with van der Waals surface area (Å²) in [5.74, 6) is 0.553. The van der Waals surface area contributed by atoms with Crippen LogP contribution in [0.5, 0.6) is 0 Å². The van der Waals surface area contributed by atoms with Crippen molar-refractivity contribution >= 4 is 5.84 Å². The van der Waals surface area contributed by atoms with Crippen LogP contribution in [0.25, 0.3) is 0 Å². The summed E-state index contributed by atoms with van der Waals surface area (Å²) in [6, 6.07) is 18.9. The second-order valence-electron chi connectivity index (χ2n) is 6.06. The molecule has 2 nitrogen and oxygen atoms in total. The van der Waals surface area contributed by atoms with Gasteiger partial charge in [-0.3, -0.25) is 4.99 Å². The van der Waals surface area contributed by atoms with Gasteiger partial charge in [0.05, 0.1) is 5.84 Å². The minimum Gasteiger partial charge on any atom is -0.388 e. The van der Waals surface area contributed by atoms with Gasteiger partial charge in [-0.25, -0.2) is 0 Å². The number of amidine groups is 1. The molecule has 2 heteroatoms. The molecule has 0 aromatic heterocycles. The highest BCUT2D eigenvalue weighted by Crippen LogP contribution is 2.40. The zero-order valence-electron chi connectivity index (χ0n) is 14.3. The Morgan fingerprint density at radius 2 is 1.70 bits per heavy atom. The van der Waals surface area contributed by atoms with E-state index in [1.165, 1.54) is 5.56 Å². The fourth-order valence-electron chi connectivity index (χ4n) is 3.07. The normalized spacial score (nSPS) is 14.3. The summed E-state index contributed by atoms with van der Waals surface area (Å²) in [6.07, 6.45) is 2.17. The number of aryl methyl sites for hydroxylation is 1. The topological polar surface area (TPSA) is 38.4 Å². The van der Waals surface area contributed by atoms with Crippen molar-refractivity contribution in [2.75, 3.05) is 0 Å². The summed E-state index contributed by atoms with van der Waals surface area (Å²) in [4.78, 5) is 4.84. The molecule has 0 heterocycles. The monoisotopic (exact) mass is 306 g/mol. The zero-order valence-corrected chi connectivity index (χ0v) is 14.3. The summed E-state index contributed by atoms with van der Waals surface area (Å²) in [5, 5.41) is 0. The van der Waals surface area contributed by atoms with E-state index in [0.29, 0.717) is 5.84 Å². The molecule has 0 amide bonds. The molecule has 0 aliphatic rings. The van der Waals surface area contributed by atoms with Crippen LogP contribution in [0.4, 0.5) is 0 Å². The van der Waals surface area contributed by atoms with Gasteiger partial charge in [0.1, 0.15) is 5.54 Å². The molecule has 0 bridgehead atoms. The molecule has 1 atom stereocenters. The van der Waals surface area contributed by atoms with E-state index in [9.17, 15) is 0 Å². The summed E-state index contributed by atoms with van der Waals surface area (Å²) in [6.45, 7) is 10.3. The predicted molar refractivity (Wildman–Crippen MR) is 99.8 cm³/mol. The first-order valence-corrected chi connectivity index (χ1v) is 8.13. The molecule has 2 aromatic carbocycles. The molecule has 1 unspecified atom stereocenters. The summed E-state index contributed by atoms with van der Waals surface area (Å²) < 4.78 is 0. The highest BCUT2D eigenvalue weighted by Gasteiger charge is 2.35. The summed E-state index contributed by atoms with van der Waals surface area (Å²) in [5.41, 5.74) is 9.84. The van der Waals surface area contributed by atoms with Gasteiger partial charge in [0.2, 0.25) is 0 Å². The Balaban J connectivity index is 2.74. The Labute approximate surface area is 139 Å². The minimum atomic E-state index is -0.635. The third kappa shape index (κ3) is 3.53. The minimum absolute atomic E-state index is 0.553. The van der Waals surface area contributed by atoms with E-state index in [4.69, 9.17) is 10.7 Å². The van der Waals surface area contributed by atoms with Crippen LogP contribution in [-0.2, 0) is 12.0 Å². The van der Waals surface area contributed by atoms with Crippen molar-refractivity contribution in [3.63, 3.8) is 0 Å². The lowest BCUT2D eigenvalue weighted by molar-refractivity contribution is 0.639. The van der Waals surface area contributed by atoms with Crippen LogP contribution in [0.15, 0.2) is 71.7 Å². The number of aliphatic imine (C=N–C) groups is 1. The van der Waals surface area contributed by atoms with Gasteiger partial charge in [-0.05, 0) is 42.5 Å². The van der Waals surface area contributed by atoms with Gasteiger partial charge in [0.25, 0.3) is 0 Å². The van der Waals surface area contributed by atoms with E-state index in [0.717, 1.165) is 29.5 Å². The average Bonchev–Trinajstić information content (AvgIpc) is 2.53. The molecular weight excluding hydrogens is 280 g/mol. The third-order valence-electron chi connectivity index (χ3n) is 4.04. The lowest BCUT2D eigenvalue weighted by atomic mass is 9.77. The van der Waals surface area contributed by atoms with Crippen molar-refractivity contribution < 1.29 is 0 Å². The molecule has 0 spiro atoms. The van der Waals surface area contributed by atoms with Gasteiger partial charge < -0.3 is 5.73 Å². The van der Waals surface area contributed by atoms with Gasteiger partial charge >= 0.3 is 0 Å². The predicted octanol–water partition coefficient (Wildman–Crippen LogP) is 4.84. The van der Waals surface area contributed by atoms with Crippen molar-refractivity contribution in [2.24, 2.45) is 10.7 Å². The molecular formula is C21H26N2. The van der Waals surface area contributed by atoms with Crippen molar-refractivity contribution in [1.82, 2.24) is 0 Å². The molecule has 2 aromatic rings. The molecule has 2 N–H and O–H groups in total. The highest BCUT2D eigenvalue weighted by atomic mass is 14.9. The molecule has 23 heavy (non-hydrogen) atoms. The first-order chi connectivity index (χ1) is 11.0. The van der Waals surface area contributed by atoms with E-state index in [2.05, 4.69) is 49.9 Å². The van der Waals surface area contributed by atoms with Crippen LogP contribution in [0, 0.1) is 0 Å². The van der Waals surface area contributed by atoms with Gasteiger partial charge in [0.15, 0.2) is 0 Å². The molecule has 120 valence electrons. The van der Waals surface area contributed by atoms with Crippen LogP contribution in [-0.4, -0.2) is 5.84 Å². The second kappa shape index (κ2) is 7.28. The van der Waals surface area contributed by atoms with E-state index < -0.39 is 5.54 Å². The van der Waals surface area contributed by atoms with Gasteiger partial charge in [0, 0.05) is 0 Å². The Bertz CT molecular complexity index is 697. The van der Waals surface area contributed by atoms with Crippen LogP contribution in [0.1, 0.15) is 43.9 Å². The molecule has 0 saturated heterocycles. The van der Waals surface area contributed by atoms with Gasteiger partial charge in [-0.2, -0.15) is 0 Å². The SMILES string of the molecule is C=C(C)C(N=C(C)N)(c1ccccc1)c1cccc(CCC)c1. The second-order valence-corrected chi connectivity index (χ2v) is 6.06. The number of hydrogen-bond acceptors (Lipinski definition) is 1. The van der Waals surface area contributed by atoms with E-state index >= 15 is 0 Å². The standard InChI is InChI=1S/C21H26N2/c1-5-10-18-11-9-14-20(15-18)21(16(2)3,23-17(4)22)19-12-7-6-8-13-19/h6-9,11-15H,2,5,10H2,1,3-4H3,(H2,22,23). The fourth-order valence-corrected chi connectivity index (χ4v) is 3.07. The first-order valence-electron chi connectivity index (χ1n) is 8.13. The fraction of sp³-hybridized carbons (Fsp3) is 0.286. The van der Waals surface area contributed by atoms with Gasteiger partial charge in [-0.15, -0.1) is 0 Å². The molecule has 0 aliphatic carbocycles. The lowest BCUT2D eigenvalue weighted by Gasteiger charge is -2.32. The van der Waals surface area contributed by atoms with E-state index in [1.54, 1.807) is 0 Å². The first kappa shape index (κ1) is 17.0. The molecule has 0 radical (unpaired) electrons. The number of nitrogens with zero attached hydrogens (tertiary/aromatic N) is 1. The smallest absolute Gasteiger partial charge is 0.133 e. The Kier molecular flexibility index (Phi) is 5.38. The van der Waals surface area contributed by atoms with Crippen molar-refractivity contribution in [2.45, 2.75) is 39.2 Å². The van der Waals surface area contributed by atoms with Crippen LogP contribution in [0.2, 0.25) is 0 Å². The number of nitrogens with two attached hydrogens (primary N) is 1. The van der Waals surface area contributed by atoms with Crippen LogP contribution in [0.3, 0.4) is 0 Å². The van der Waals surface area contributed by atoms with E-state index in [-0.39, 0.29) is 0 Å². The Hall–Kier alpha value is -2.35. The van der Waals surface area contributed by atoms with Crippen molar-refractivity contribution in [3.05, 3.63) is 83.4 Å². The maximum Gasteiger partial charge on any atom is 0.133 e. The summed E-state index contributed by atoms with van der Waals surface area (Å²) in [7, 11) is 0.